The second-order valence-corrected chi connectivity index (χ2v) is 19.5. The van der Waals surface area contributed by atoms with Crippen molar-refractivity contribution in [2.45, 2.75) is 192 Å². The lowest BCUT2D eigenvalue weighted by molar-refractivity contribution is -0.305. The highest BCUT2D eigenvalue weighted by Crippen LogP contribution is 2.47. The van der Waals surface area contributed by atoms with Gasteiger partial charge >= 0.3 is 5.97 Å². The van der Waals surface area contributed by atoms with Crippen molar-refractivity contribution in [3.05, 3.63) is 59.3 Å². The summed E-state index contributed by atoms with van der Waals surface area (Å²) >= 11 is 3.63. The van der Waals surface area contributed by atoms with Crippen LogP contribution in [-0.2, 0) is 57.0 Å². The van der Waals surface area contributed by atoms with Crippen LogP contribution < -0.4 is 0 Å². The summed E-state index contributed by atoms with van der Waals surface area (Å²) in [6.07, 6.45) is 8.82. The van der Waals surface area contributed by atoms with Crippen molar-refractivity contribution in [1.82, 2.24) is 0 Å². The van der Waals surface area contributed by atoms with Crippen LogP contribution in [0.25, 0.3) is 0 Å². The van der Waals surface area contributed by atoms with Crippen LogP contribution in [0.5, 0.6) is 0 Å². The number of aliphatic hydroxyl groups is 2. The Kier molecular flexibility index (Phi) is 17.0. The second kappa shape index (κ2) is 22.5. The van der Waals surface area contributed by atoms with Gasteiger partial charge in [0.2, 0.25) is 1.43 Å². The van der Waals surface area contributed by atoms with Crippen LogP contribution in [0.4, 0.5) is 0 Å². The summed E-state index contributed by atoms with van der Waals surface area (Å²) in [6.45, 7) is 17.5. The molecule has 1 spiro atoms. The summed E-state index contributed by atoms with van der Waals surface area (Å²) in [4.78, 5) is 27.0. The van der Waals surface area contributed by atoms with E-state index >= 15 is 0 Å². The molecule has 0 aromatic rings. The number of rotatable bonds is 9. The van der Waals surface area contributed by atoms with E-state index in [9.17, 15) is 14.7 Å². The topological polar surface area (TPSA) is 167 Å². The first-order valence-corrected chi connectivity index (χ1v) is 24.0. The fourth-order valence-corrected chi connectivity index (χ4v) is 10.4. The fraction of sp³-hybridized carbons (Fsp3) is 0.755. The molecule has 0 radical (unpaired) electrons. The number of Topliss-reactive ketones (excluding diaryl/α,β-unsaturated/α-hetero) is 1. The summed E-state index contributed by atoms with van der Waals surface area (Å²) in [7, 11) is 3.14. The molecule has 4 fully saturated rings. The van der Waals surface area contributed by atoms with Gasteiger partial charge in [-0.15, -0.1) is 0 Å². The molecule has 2 bridgehead atoms. The zero-order chi connectivity index (χ0) is 49.0. The molecular weight excluding hydrogens is 855 g/mol. The van der Waals surface area contributed by atoms with Crippen LogP contribution in [0.3, 0.4) is 0 Å². The van der Waals surface area contributed by atoms with Gasteiger partial charge in [0.05, 0.1) is 37.1 Å². The molecule has 0 aromatic heterocycles. The summed E-state index contributed by atoms with van der Waals surface area (Å²) in [5, 5.41) is 17.7. The van der Waals surface area contributed by atoms with Gasteiger partial charge in [-0.1, -0.05) is 77.4 Å². The minimum absolute atomic E-state index is 0.0302. The fourth-order valence-electron chi connectivity index (χ4n) is 10.4. The van der Waals surface area contributed by atoms with E-state index in [4.69, 9.17) is 55.2 Å². The smallest absolute Gasteiger partial charge is 0.316 e. The average molecular weight is 934 g/mol. The Bertz CT molecular complexity index is 1860. The molecule has 4 saturated heterocycles. The quantitative estimate of drug-likeness (QED) is 0.108. The zero-order valence-corrected chi connectivity index (χ0v) is 41.0. The van der Waals surface area contributed by atoms with Crippen LogP contribution in [0.15, 0.2) is 59.3 Å². The molecule has 6 aliphatic heterocycles. The zero-order valence-electron chi connectivity index (χ0n) is 42.1. The van der Waals surface area contributed by atoms with Crippen LogP contribution in [0, 0.1) is 23.7 Å². The molecule has 0 amide bonds. The van der Waals surface area contributed by atoms with Crippen molar-refractivity contribution in [3.8, 4) is 0 Å². The highest BCUT2D eigenvalue weighted by molar-refractivity contribution is 8.06. The molecule has 19 atom stereocenters. The van der Waals surface area contributed by atoms with E-state index in [1.165, 1.54) is 7.11 Å². The maximum absolute atomic E-state index is 14.4. The minimum atomic E-state index is -1.83. The lowest BCUT2D eigenvalue weighted by atomic mass is 9.71. The number of aliphatic hydroxyl groups excluding tert-OH is 1. The predicted molar refractivity (Wildman–Crippen MR) is 248 cm³/mol. The molecule has 1 aliphatic carbocycles. The lowest BCUT2D eigenvalue weighted by Crippen LogP contribution is -2.58. The van der Waals surface area contributed by atoms with E-state index in [0.717, 1.165) is 12.0 Å². The standard InChI is InChI=1S/C48H70O14.CH5BS/c1-11-25(2)43-28(5)17-18-47(62-43)23-34-20-33(61-47)16-15-27(4)42(26(3)13-12-14-32-24-55-45-40(49)29(6)19-35(46(51)58-34)48(32,45)52)59-39-22-37(54-10)44(31(8)57-39)60-38-21-36(53-9)41(50)30(7)56-38;1-2-3/h12-15,17-19,25-26,28,30-31,33-40,42-45,49,52H,11,16,20-24H2,1-10H3;2-3H,1H3/b13-12+,27-15+,32-14+;/t25?,26?,28-,30?,31?,33?,34?,35?,36?,37?,38-,39-,40?,42?,43?,44?,45?,47?,48+;/m0./s1/i49T;2D. The summed E-state index contributed by atoms with van der Waals surface area (Å²) in [5.41, 5.74) is 0.194. The molecule has 16 heteroatoms. The van der Waals surface area contributed by atoms with Gasteiger partial charge in [-0.05, 0) is 64.2 Å². The molecule has 0 aromatic carbocycles. The number of fused-ring (bicyclic) bond motifs is 2. The second-order valence-electron chi connectivity index (χ2n) is 19.0. The number of ketones is 1. The van der Waals surface area contributed by atoms with Gasteiger partial charge in [0.1, 0.15) is 48.1 Å². The number of hydrogen-bond acceptors (Lipinski definition) is 15. The van der Waals surface area contributed by atoms with Crippen LogP contribution in [0.1, 0.15) is 93.9 Å². The van der Waals surface area contributed by atoms with Gasteiger partial charge in [0.25, 0.3) is 0 Å². The molecular formula is C49H75BO14S. The SMILES string of the molecule is [2H]B(C)S.[3H]OC1C(C)=CC2C(=O)OC3CC(C/C=C(\C)C(O[C@H]4CC(OC)C(O[C@H]5CC(OC)C(=O)C(C)O5)C(C)O4)C(C)/C=C/C=C4\COC1[C@@]42O)OC1(C=C[C@H](C)C(C(C)CC)O1)C3. The molecule has 7 rings (SSSR count). The Morgan fingerprint density at radius 2 is 1.75 bits per heavy atom. The van der Waals surface area contributed by atoms with Gasteiger partial charge in [0, 0.05) is 51.7 Å². The maximum atomic E-state index is 14.4. The van der Waals surface area contributed by atoms with Gasteiger partial charge in [0.15, 0.2) is 30.7 Å². The van der Waals surface area contributed by atoms with Crippen molar-refractivity contribution < 1.29 is 67.2 Å². The van der Waals surface area contributed by atoms with Crippen LogP contribution in [-0.4, -0.2) is 143 Å². The first-order valence-electron chi connectivity index (χ1n) is 24.5. The summed E-state index contributed by atoms with van der Waals surface area (Å²) < 4.78 is 77.9. The Hall–Kier alpha value is -2.19. The largest absolute Gasteiger partial charge is 0.462 e. The summed E-state index contributed by atoms with van der Waals surface area (Å²) in [5.74, 6) is -2.72. The van der Waals surface area contributed by atoms with E-state index < -0.39 is 96.9 Å². The van der Waals surface area contributed by atoms with Crippen molar-refractivity contribution in [2.24, 2.45) is 23.7 Å². The lowest BCUT2D eigenvalue weighted by Gasteiger charge is -2.48. The average Bonchev–Trinajstić information content (AvgIpc) is 3.62. The van der Waals surface area contributed by atoms with Gasteiger partial charge in [-0.3, -0.25) is 9.59 Å². The monoisotopic (exact) mass is 934 g/mol. The van der Waals surface area contributed by atoms with E-state index in [2.05, 4.69) is 52.3 Å². The number of allylic oxidation sites excluding steroid dienone is 2. The molecule has 14 nitrogen and oxygen atoms in total. The molecule has 7 aliphatic rings. The molecule has 15 unspecified atom stereocenters. The number of esters is 1. The van der Waals surface area contributed by atoms with Crippen LogP contribution >= 0.6 is 12.5 Å². The van der Waals surface area contributed by atoms with Crippen molar-refractivity contribution in [1.29, 1.82) is 2.77 Å². The Morgan fingerprint density at radius 1 is 1.02 bits per heavy atom. The minimum Gasteiger partial charge on any atom is -0.462 e. The van der Waals surface area contributed by atoms with Crippen molar-refractivity contribution in [2.75, 3.05) is 20.8 Å². The summed E-state index contributed by atoms with van der Waals surface area (Å²) in [6, 6.07) is 0. The van der Waals surface area contributed by atoms with E-state index in [0.29, 0.717) is 30.4 Å². The third-order valence-corrected chi connectivity index (χ3v) is 14.3. The first-order chi connectivity index (χ1) is 31.8. The first kappa shape index (κ1) is 49.2. The maximum Gasteiger partial charge on any atom is 0.316 e. The van der Waals surface area contributed by atoms with Gasteiger partial charge < -0.3 is 57.6 Å². The highest BCUT2D eigenvalue weighted by atomic mass is 32.1. The Morgan fingerprint density at radius 3 is 2.45 bits per heavy atom. The number of methoxy groups -OCH3 is 2. The molecule has 65 heavy (non-hydrogen) atoms. The van der Waals surface area contributed by atoms with E-state index in [1.54, 1.807) is 39.9 Å². The van der Waals surface area contributed by atoms with Gasteiger partial charge in [-0.2, -0.15) is 0 Å². The predicted octanol–water partition coefficient (Wildman–Crippen LogP) is 5.90. The van der Waals surface area contributed by atoms with E-state index in [1.807, 2.05) is 32.1 Å². The molecule has 6 heterocycles. The number of carbonyl (C=O) groups excluding carboxylic acids is 2. The molecule has 364 valence electrons. The number of carbonyl (C=O) groups is 2. The third-order valence-electron chi connectivity index (χ3n) is 14.3. The normalized spacial score (nSPS) is 46.4. The number of ether oxygens (including phenoxy) is 10. The van der Waals surface area contributed by atoms with E-state index in [-0.39, 0.29) is 55.6 Å². The number of thiol groups is 1. The third kappa shape index (κ3) is 11.5. The van der Waals surface area contributed by atoms with Crippen LogP contribution in [0.2, 0.25) is 6.82 Å². The Balaban J connectivity index is 0.00000178. The van der Waals surface area contributed by atoms with Crippen molar-refractivity contribution in [3.63, 3.8) is 0 Å². The highest BCUT2D eigenvalue weighted by Gasteiger charge is 2.60. The molecule has 2 N–H and O–H groups in total. The number of hydrogen-bond donors (Lipinski definition) is 3. The Labute approximate surface area is 395 Å². The van der Waals surface area contributed by atoms with Crippen molar-refractivity contribution >= 4 is 30.8 Å². The molecule has 0 saturated carbocycles. The van der Waals surface area contributed by atoms with Gasteiger partial charge in [-0.25, -0.2) is 12.5 Å².